The number of hydrogen-bond donors (Lipinski definition) is 2. The summed E-state index contributed by atoms with van der Waals surface area (Å²) in [5.41, 5.74) is 1.39. The van der Waals surface area contributed by atoms with Gasteiger partial charge in [0.2, 0.25) is 5.82 Å². The van der Waals surface area contributed by atoms with Crippen LogP contribution in [0.15, 0.2) is 53.1 Å². The van der Waals surface area contributed by atoms with E-state index in [0.29, 0.717) is 12.5 Å². The minimum absolute atomic E-state index is 0.285. The third kappa shape index (κ3) is 3.94. The molecule has 0 spiro atoms. The Hall–Kier alpha value is -2.51. The number of nitrogens with zero attached hydrogens (tertiary/aromatic N) is 4. The smallest absolute Gasteiger partial charge is 0.210 e. The molecule has 0 unspecified atom stereocenters. The fourth-order valence-corrected chi connectivity index (χ4v) is 4.20. The van der Waals surface area contributed by atoms with Crippen LogP contribution in [-0.2, 0) is 6.54 Å². The Morgan fingerprint density at radius 1 is 1.04 bits per heavy atom. The number of hydrogen-bond acceptors (Lipinski definition) is 4. The van der Waals surface area contributed by atoms with Crippen molar-refractivity contribution in [2.75, 3.05) is 26.2 Å². The molecule has 3 heterocycles. The van der Waals surface area contributed by atoms with Gasteiger partial charge in [0, 0.05) is 5.92 Å². The summed E-state index contributed by atoms with van der Waals surface area (Å²) in [5, 5.41) is 12.6. The second kappa shape index (κ2) is 8.02. The summed E-state index contributed by atoms with van der Waals surface area (Å²) >= 11 is 0. The highest BCUT2D eigenvalue weighted by Gasteiger charge is 2.36. The van der Waals surface area contributed by atoms with Crippen LogP contribution >= 0.6 is 0 Å². The monoisotopic (exact) mass is 368 g/mol. The van der Waals surface area contributed by atoms with E-state index in [4.69, 9.17) is 4.42 Å². The van der Waals surface area contributed by atoms with Crippen molar-refractivity contribution in [3.05, 3.63) is 60.3 Å². The summed E-state index contributed by atoms with van der Waals surface area (Å²) in [6.45, 7) is 9.58. The van der Waals surface area contributed by atoms with E-state index in [0.717, 1.165) is 37.8 Å². The van der Waals surface area contributed by atoms with Gasteiger partial charge in [0.25, 0.3) is 0 Å². The average Bonchev–Trinajstić information content (AvgIpc) is 3.36. The Morgan fingerprint density at radius 3 is 2.48 bits per heavy atom. The summed E-state index contributed by atoms with van der Waals surface area (Å²) in [5.74, 6) is 2.29. The molecule has 3 aromatic rings. The standard InChI is InChI=1S/C20H26N6O/c1-16(2)19(20-21-22-23-26(20)15-18-9-6-14-27-18)25-12-10-24(11-13-25)17-7-4-3-5-8-17/h3-9,14,16,19H,10-13,15H2,1-2H3/p+2/t19-/m1/s1. The molecule has 1 aliphatic heterocycles. The van der Waals surface area contributed by atoms with Gasteiger partial charge in [-0.2, -0.15) is 0 Å². The van der Waals surface area contributed by atoms with Crippen molar-refractivity contribution in [2.45, 2.75) is 26.4 Å². The molecule has 1 fully saturated rings. The number of quaternary nitrogens is 2. The van der Waals surface area contributed by atoms with Crippen molar-refractivity contribution in [3.63, 3.8) is 0 Å². The van der Waals surface area contributed by atoms with Crippen LogP contribution in [0.5, 0.6) is 0 Å². The van der Waals surface area contributed by atoms with Crippen LogP contribution in [0.2, 0.25) is 0 Å². The fourth-order valence-electron chi connectivity index (χ4n) is 4.20. The zero-order chi connectivity index (χ0) is 18.6. The van der Waals surface area contributed by atoms with Gasteiger partial charge in [-0.1, -0.05) is 32.0 Å². The average molecular weight is 368 g/mol. The van der Waals surface area contributed by atoms with Crippen LogP contribution in [-0.4, -0.2) is 46.4 Å². The van der Waals surface area contributed by atoms with Crippen LogP contribution < -0.4 is 9.80 Å². The first-order valence-electron chi connectivity index (χ1n) is 9.75. The maximum atomic E-state index is 5.48. The van der Waals surface area contributed by atoms with E-state index in [1.54, 1.807) is 16.1 Å². The van der Waals surface area contributed by atoms with Crippen molar-refractivity contribution in [2.24, 2.45) is 5.92 Å². The normalized spacial score (nSPS) is 21.4. The summed E-state index contributed by atoms with van der Waals surface area (Å²) in [7, 11) is 0. The highest BCUT2D eigenvalue weighted by molar-refractivity contribution is 5.27. The molecule has 1 aliphatic rings. The molecule has 0 amide bonds. The number of nitrogens with one attached hydrogen (secondary N) is 2. The first-order chi connectivity index (χ1) is 13.2. The molecule has 0 aliphatic carbocycles. The minimum Gasteiger partial charge on any atom is -0.467 e. The van der Waals surface area contributed by atoms with Gasteiger partial charge in [-0.25, -0.2) is 4.68 Å². The number of rotatable bonds is 6. The van der Waals surface area contributed by atoms with Gasteiger partial charge < -0.3 is 9.32 Å². The van der Waals surface area contributed by atoms with Crippen molar-refractivity contribution in [1.29, 1.82) is 0 Å². The summed E-state index contributed by atoms with van der Waals surface area (Å²) in [4.78, 5) is 3.14. The molecule has 1 atom stereocenters. The highest BCUT2D eigenvalue weighted by Crippen LogP contribution is 2.17. The third-order valence-corrected chi connectivity index (χ3v) is 5.51. The lowest BCUT2D eigenvalue weighted by molar-refractivity contribution is -1.01. The summed E-state index contributed by atoms with van der Waals surface area (Å²) in [6, 6.07) is 14.9. The topological polar surface area (TPSA) is 65.6 Å². The van der Waals surface area contributed by atoms with Crippen LogP contribution in [0.25, 0.3) is 0 Å². The lowest BCUT2D eigenvalue weighted by Crippen LogP contribution is -3.26. The molecular weight excluding hydrogens is 340 g/mol. The molecule has 0 saturated carbocycles. The molecule has 142 valence electrons. The van der Waals surface area contributed by atoms with Gasteiger partial charge in [0.05, 0.1) is 6.26 Å². The molecule has 27 heavy (non-hydrogen) atoms. The van der Waals surface area contributed by atoms with Gasteiger partial charge in [-0.05, 0) is 34.7 Å². The van der Waals surface area contributed by atoms with Crippen molar-refractivity contribution in [3.8, 4) is 0 Å². The van der Waals surface area contributed by atoms with E-state index < -0.39 is 0 Å². The third-order valence-electron chi connectivity index (χ3n) is 5.51. The Morgan fingerprint density at radius 2 is 1.81 bits per heavy atom. The first-order valence-corrected chi connectivity index (χ1v) is 9.75. The van der Waals surface area contributed by atoms with Crippen molar-refractivity contribution >= 4 is 5.69 Å². The molecule has 0 bridgehead atoms. The van der Waals surface area contributed by atoms with Crippen LogP contribution in [0, 0.1) is 5.92 Å². The zero-order valence-electron chi connectivity index (χ0n) is 16.0. The largest absolute Gasteiger partial charge is 0.467 e. The molecule has 1 saturated heterocycles. The molecule has 2 aromatic heterocycles. The van der Waals surface area contributed by atoms with E-state index >= 15 is 0 Å². The maximum Gasteiger partial charge on any atom is 0.210 e. The summed E-state index contributed by atoms with van der Waals surface area (Å²) < 4.78 is 7.38. The van der Waals surface area contributed by atoms with Crippen molar-refractivity contribution < 1.29 is 14.2 Å². The van der Waals surface area contributed by atoms with Crippen molar-refractivity contribution in [1.82, 2.24) is 20.2 Å². The van der Waals surface area contributed by atoms with Gasteiger partial charge in [-0.3, -0.25) is 4.90 Å². The van der Waals surface area contributed by atoms with E-state index in [1.807, 2.05) is 16.8 Å². The Balaban J connectivity index is 1.49. The minimum atomic E-state index is 0.285. The molecular formula is C20H28N6O+2. The summed E-state index contributed by atoms with van der Waals surface area (Å²) in [6.07, 6.45) is 1.69. The predicted octanol–water partition coefficient (Wildman–Crippen LogP) is 0.127. The second-order valence-electron chi connectivity index (χ2n) is 7.62. The van der Waals surface area contributed by atoms with E-state index in [1.165, 1.54) is 5.69 Å². The zero-order valence-corrected chi connectivity index (χ0v) is 16.0. The molecule has 7 heteroatoms. The molecule has 4 rings (SSSR count). The van der Waals surface area contributed by atoms with E-state index in [-0.39, 0.29) is 6.04 Å². The van der Waals surface area contributed by atoms with Crippen LogP contribution in [0.1, 0.15) is 31.5 Å². The molecule has 1 aromatic carbocycles. The number of piperazine rings is 1. The van der Waals surface area contributed by atoms with Gasteiger partial charge in [-0.15, -0.1) is 5.10 Å². The number of tetrazole rings is 1. The fraction of sp³-hybridized carbons (Fsp3) is 0.450. The Kier molecular flexibility index (Phi) is 5.31. The molecule has 7 nitrogen and oxygen atoms in total. The lowest BCUT2D eigenvalue weighted by Gasteiger charge is -2.35. The van der Waals surface area contributed by atoms with E-state index in [2.05, 4.69) is 59.7 Å². The van der Waals surface area contributed by atoms with E-state index in [9.17, 15) is 0 Å². The van der Waals surface area contributed by atoms with Crippen LogP contribution in [0.4, 0.5) is 5.69 Å². The SMILES string of the molecule is CC(C)[C@H](c1nnnn1Cc1ccco1)[NH+]1CC[NH+](c2ccccc2)CC1. The number of furan rings is 1. The second-order valence-corrected chi connectivity index (χ2v) is 7.62. The first kappa shape index (κ1) is 17.9. The maximum absolute atomic E-state index is 5.48. The van der Waals surface area contributed by atoms with Gasteiger partial charge in [0.1, 0.15) is 44.2 Å². The van der Waals surface area contributed by atoms with Gasteiger partial charge >= 0.3 is 0 Å². The Labute approximate surface area is 159 Å². The quantitative estimate of drug-likeness (QED) is 0.649. The molecule has 2 N–H and O–H groups in total. The van der Waals surface area contributed by atoms with Crippen LogP contribution in [0.3, 0.4) is 0 Å². The van der Waals surface area contributed by atoms with Gasteiger partial charge in [0.15, 0.2) is 6.04 Å². The number of aromatic nitrogens is 4. The molecule has 0 radical (unpaired) electrons. The number of para-hydroxylation sites is 1. The number of benzene rings is 1. The highest BCUT2D eigenvalue weighted by atomic mass is 16.3. The lowest BCUT2D eigenvalue weighted by atomic mass is 10.0. The predicted molar refractivity (Wildman–Crippen MR) is 101 cm³/mol. The Bertz CT molecular complexity index is 821.